The van der Waals surface area contributed by atoms with Gasteiger partial charge in [0.1, 0.15) is 11.5 Å². The molecule has 0 radical (unpaired) electrons. The fraction of sp³-hybridized carbons (Fsp3) is 0.0417. The molecule has 0 aliphatic carbocycles. The molecule has 0 spiro atoms. The van der Waals surface area contributed by atoms with Crippen LogP contribution in [-0.2, 0) is 4.79 Å². The maximum atomic E-state index is 13.0. The van der Waals surface area contributed by atoms with E-state index in [2.05, 4.69) is 15.8 Å². The van der Waals surface area contributed by atoms with Crippen molar-refractivity contribution >= 4 is 24.1 Å². The van der Waals surface area contributed by atoms with Crippen molar-refractivity contribution in [2.45, 2.75) is 0 Å². The number of hydrazone groups is 1. The Balaban J connectivity index is 1.55. The highest BCUT2D eigenvalue weighted by Crippen LogP contribution is 2.33. The summed E-state index contributed by atoms with van der Waals surface area (Å²) in [4.78, 5) is 25.4. The lowest BCUT2D eigenvalue weighted by molar-refractivity contribution is -0.117. The zero-order valence-corrected chi connectivity index (χ0v) is 16.7. The van der Waals surface area contributed by atoms with Crippen molar-refractivity contribution in [2.75, 3.05) is 6.79 Å². The molecule has 2 N–H and O–H groups in total. The minimum Gasteiger partial charge on any atom is -0.454 e. The minimum absolute atomic E-state index is 0.0195. The molecule has 0 unspecified atom stereocenters. The van der Waals surface area contributed by atoms with E-state index in [4.69, 9.17) is 9.47 Å². The largest absolute Gasteiger partial charge is 0.454 e. The number of carbonyl (C=O) groups is 2. The third-order valence-electron chi connectivity index (χ3n) is 4.49. The van der Waals surface area contributed by atoms with Gasteiger partial charge in [0.2, 0.25) is 6.79 Å². The summed E-state index contributed by atoms with van der Waals surface area (Å²) in [6.07, 6.45) is 2.88. The molecule has 8 heteroatoms. The number of hydrogen-bond acceptors (Lipinski definition) is 5. The lowest BCUT2D eigenvalue weighted by Crippen LogP contribution is -2.32. The average molecular weight is 431 g/mol. The number of rotatable bonds is 6. The van der Waals surface area contributed by atoms with E-state index in [0.29, 0.717) is 28.2 Å². The summed E-state index contributed by atoms with van der Waals surface area (Å²) in [5, 5.41) is 6.51. The Labute approximate surface area is 183 Å². The van der Waals surface area contributed by atoms with Crippen molar-refractivity contribution in [3.05, 3.63) is 101 Å². The maximum absolute atomic E-state index is 13.0. The molecule has 0 aromatic heterocycles. The van der Waals surface area contributed by atoms with Crippen LogP contribution in [0.1, 0.15) is 21.5 Å². The van der Waals surface area contributed by atoms with Gasteiger partial charge in [0.15, 0.2) is 11.5 Å². The standard InChI is InChI=1S/C24H18FN3O4/c25-19-9-6-16(7-10-19)14-26-28-24(30)20(27-23(29)18-4-2-1-3-5-18)12-17-8-11-21-22(13-17)32-15-31-21/h1-14H,15H2,(H,27,29)(H,28,30)/b20-12+,26-14-. The predicted octanol–water partition coefficient (Wildman–Crippen LogP) is 3.48. The number of carbonyl (C=O) groups excluding carboxylic acids is 2. The summed E-state index contributed by atoms with van der Waals surface area (Å²) in [6.45, 7) is 0.124. The molecular formula is C24H18FN3O4. The summed E-state index contributed by atoms with van der Waals surface area (Å²) < 4.78 is 23.7. The van der Waals surface area contributed by atoms with Gasteiger partial charge in [-0.15, -0.1) is 0 Å². The minimum atomic E-state index is -0.634. The molecule has 7 nitrogen and oxygen atoms in total. The molecule has 1 aliphatic rings. The van der Waals surface area contributed by atoms with E-state index in [9.17, 15) is 14.0 Å². The Morgan fingerprint density at radius 1 is 0.906 bits per heavy atom. The number of benzene rings is 3. The average Bonchev–Trinajstić information content (AvgIpc) is 3.28. The molecule has 4 rings (SSSR count). The van der Waals surface area contributed by atoms with E-state index in [1.165, 1.54) is 36.6 Å². The molecule has 3 aromatic rings. The number of nitrogens with one attached hydrogen (secondary N) is 2. The van der Waals surface area contributed by atoms with Crippen LogP contribution in [0.15, 0.2) is 83.6 Å². The fourth-order valence-electron chi connectivity index (χ4n) is 2.89. The van der Waals surface area contributed by atoms with Crippen LogP contribution in [0.2, 0.25) is 0 Å². The lowest BCUT2D eigenvalue weighted by Gasteiger charge is -2.09. The van der Waals surface area contributed by atoms with Crippen LogP contribution in [0.4, 0.5) is 4.39 Å². The third-order valence-corrected chi connectivity index (χ3v) is 4.49. The van der Waals surface area contributed by atoms with E-state index in [0.717, 1.165) is 0 Å². The first-order chi connectivity index (χ1) is 15.6. The summed E-state index contributed by atoms with van der Waals surface area (Å²) in [7, 11) is 0. The highest BCUT2D eigenvalue weighted by Gasteiger charge is 2.16. The number of halogens is 1. The molecule has 1 aliphatic heterocycles. The number of fused-ring (bicyclic) bond motifs is 1. The van der Waals surface area contributed by atoms with Gasteiger partial charge in [-0.2, -0.15) is 5.10 Å². The first-order valence-electron chi connectivity index (χ1n) is 9.65. The van der Waals surface area contributed by atoms with Crippen molar-refractivity contribution < 1.29 is 23.5 Å². The molecule has 0 fully saturated rings. The quantitative estimate of drug-likeness (QED) is 0.355. The fourth-order valence-corrected chi connectivity index (χ4v) is 2.89. The van der Waals surface area contributed by atoms with Gasteiger partial charge < -0.3 is 14.8 Å². The Hall–Kier alpha value is -4.46. The summed E-state index contributed by atoms with van der Waals surface area (Å²) in [6, 6.07) is 19.3. The summed E-state index contributed by atoms with van der Waals surface area (Å²) in [5.41, 5.74) is 3.97. The highest BCUT2D eigenvalue weighted by atomic mass is 19.1. The molecule has 0 saturated carbocycles. The molecule has 32 heavy (non-hydrogen) atoms. The van der Waals surface area contributed by atoms with Gasteiger partial charge in [-0.1, -0.05) is 36.4 Å². The molecule has 2 amide bonds. The SMILES string of the molecule is O=C(N/N=C\c1ccc(F)cc1)/C(=C\c1ccc2c(c1)OCO2)NC(=O)c1ccccc1. The van der Waals surface area contributed by atoms with Crippen LogP contribution < -0.4 is 20.2 Å². The Morgan fingerprint density at radius 3 is 2.41 bits per heavy atom. The van der Waals surface area contributed by atoms with Crippen LogP contribution in [0.25, 0.3) is 6.08 Å². The Morgan fingerprint density at radius 2 is 1.62 bits per heavy atom. The van der Waals surface area contributed by atoms with E-state index < -0.39 is 11.8 Å². The lowest BCUT2D eigenvalue weighted by atomic mass is 10.1. The van der Waals surface area contributed by atoms with Crippen LogP contribution in [0.5, 0.6) is 11.5 Å². The number of ether oxygens (including phenoxy) is 2. The second kappa shape index (κ2) is 9.57. The van der Waals surface area contributed by atoms with Gasteiger partial charge in [-0.3, -0.25) is 9.59 Å². The Kier molecular flexibility index (Phi) is 6.22. The third kappa shape index (κ3) is 5.17. The Bertz CT molecular complexity index is 1190. The number of hydrogen-bond donors (Lipinski definition) is 2. The van der Waals surface area contributed by atoms with E-state index in [1.807, 2.05) is 0 Å². The zero-order chi connectivity index (χ0) is 22.3. The highest BCUT2D eigenvalue weighted by molar-refractivity contribution is 6.05. The zero-order valence-electron chi connectivity index (χ0n) is 16.7. The van der Waals surface area contributed by atoms with Crippen LogP contribution in [-0.4, -0.2) is 24.8 Å². The topological polar surface area (TPSA) is 89.0 Å². The summed E-state index contributed by atoms with van der Waals surface area (Å²) >= 11 is 0. The molecule has 0 atom stereocenters. The van der Waals surface area contributed by atoms with Gasteiger partial charge in [-0.05, 0) is 53.6 Å². The first kappa shape index (κ1) is 20.8. The van der Waals surface area contributed by atoms with Gasteiger partial charge >= 0.3 is 0 Å². The van der Waals surface area contributed by atoms with E-state index in [1.54, 1.807) is 48.5 Å². The van der Waals surface area contributed by atoms with Crippen molar-refractivity contribution in [2.24, 2.45) is 5.10 Å². The van der Waals surface area contributed by atoms with Gasteiger partial charge in [-0.25, -0.2) is 9.82 Å². The van der Waals surface area contributed by atoms with Gasteiger partial charge in [0.05, 0.1) is 6.21 Å². The maximum Gasteiger partial charge on any atom is 0.287 e. The van der Waals surface area contributed by atoms with Crippen LogP contribution in [0, 0.1) is 5.82 Å². The molecule has 3 aromatic carbocycles. The molecular weight excluding hydrogens is 413 g/mol. The second-order valence-corrected chi connectivity index (χ2v) is 6.74. The monoisotopic (exact) mass is 431 g/mol. The number of amides is 2. The molecule has 1 heterocycles. The van der Waals surface area contributed by atoms with Crippen molar-refractivity contribution in [3.63, 3.8) is 0 Å². The van der Waals surface area contributed by atoms with E-state index >= 15 is 0 Å². The van der Waals surface area contributed by atoms with Crippen LogP contribution in [0.3, 0.4) is 0 Å². The molecule has 0 saturated heterocycles. The smallest absolute Gasteiger partial charge is 0.287 e. The van der Waals surface area contributed by atoms with Crippen LogP contribution >= 0.6 is 0 Å². The normalized spacial score (nSPS) is 12.6. The second-order valence-electron chi connectivity index (χ2n) is 6.74. The predicted molar refractivity (Wildman–Crippen MR) is 117 cm³/mol. The number of nitrogens with zero attached hydrogens (tertiary/aromatic N) is 1. The summed E-state index contributed by atoms with van der Waals surface area (Å²) in [5.74, 6) is -0.308. The van der Waals surface area contributed by atoms with E-state index in [-0.39, 0.29) is 18.3 Å². The van der Waals surface area contributed by atoms with Gasteiger partial charge in [0.25, 0.3) is 11.8 Å². The van der Waals surface area contributed by atoms with Crippen molar-refractivity contribution in [1.82, 2.24) is 10.7 Å². The molecule has 160 valence electrons. The van der Waals surface area contributed by atoms with Crippen molar-refractivity contribution in [3.8, 4) is 11.5 Å². The first-order valence-corrected chi connectivity index (χ1v) is 9.65. The van der Waals surface area contributed by atoms with Gasteiger partial charge in [0, 0.05) is 5.56 Å². The van der Waals surface area contributed by atoms with Crippen molar-refractivity contribution in [1.29, 1.82) is 0 Å². The molecule has 0 bridgehead atoms.